The molecule has 3 nitrogen and oxygen atoms in total. The Labute approximate surface area is 95.3 Å². The van der Waals surface area contributed by atoms with Gasteiger partial charge < -0.3 is 5.11 Å². The van der Waals surface area contributed by atoms with Gasteiger partial charge in [0.15, 0.2) is 5.16 Å². The summed E-state index contributed by atoms with van der Waals surface area (Å²) in [5, 5.41) is 10.8. The van der Waals surface area contributed by atoms with Gasteiger partial charge in [0, 0.05) is 18.1 Å². The summed E-state index contributed by atoms with van der Waals surface area (Å²) in [6, 6.07) is 0. The number of hydrogen-bond acceptors (Lipinski definition) is 4. The summed E-state index contributed by atoms with van der Waals surface area (Å²) in [6.07, 6.45) is 5.13. The van der Waals surface area contributed by atoms with E-state index >= 15 is 0 Å². The summed E-state index contributed by atoms with van der Waals surface area (Å²) in [6.45, 7) is 5.96. The minimum atomic E-state index is -0.584. The van der Waals surface area contributed by atoms with Gasteiger partial charge in [0.05, 0.1) is 5.60 Å². The van der Waals surface area contributed by atoms with Crippen molar-refractivity contribution in [3.8, 4) is 0 Å². The number of rotatable bonds is 5. The first kappa shape index (κ1) is 12.5. The minimum absolute atomic E-state index is 0.584. The van der Waals surface area contributed by atoms with Gasteiger partial charge in [0.2, 0.25) is 0 Å². The van der Waals surface area contributed by atoms with E-state index in [1.165, 1.54) is 11.8 Å². The van der Waals surface area contributed by atoms with Crippen molar-refractivity contribution in [2.75, 3.05) is 5.75 Å². The van der Waals surface area contributed by atoms with Gasteiger partial charge in [-0.1, -0.05) is 25.6 Å². The molecule has 0 fully saturated rings. The number of thioether (sulfide) groups is 1. The summed E-state index contributed by atoms with van der Waals surface area (Å²) >= 11 is 1.51. The SMILES string of the molecule is CCC(O)(CC)CSc1ncc(C)cn1. The summed E-state index contributed by atoms with van der Waals surface area (Å²) in [5.74, 6) is 0.656. The average molecular weight is 226 g/mol. The quantitative estimate of drug-likeness (QED) is 0.618. The molecule has 0 bridgehead atoms. The number of hydrogen-bond donors (Lipinski definition) is 1. The molecule has 0 aliphatic rings. The Morgan fingerprint density at radius 3 is 2.27 bits per heavy atom. The van der Waals surface area contributed by atoms with Crippen molar-refractivity contribution in [3.63, 3.8) is 0 Å². The van der Waals surface area contributed by atoms with E-state index in [-0.39, 0.29) is 0 Å². The van der Waals surface area contributed by atoms with Crippen molar-refractivity contribution in [1.29, 1.82) is 0 Å². The molecule has 0 saturated carbocycles. The van der Waals surface area contributed by atoms with Crippen LogP contribution >= 0.6 is 11.8 Å². The van der Waals surface area contributed by atoms with Gasteiger partial charge in [0.25, 0.3) is 0 Å². The molecule has 0 saturated heterocycles. The normalized spacial score (nSPS) is 11.7. The number of aliphatic hydroxyl groups is 1. The number of nitrogens with zero attached hydrogens (tertiary/aromatic N) is 2. The molecule has 0 aliphatic carbocycles. The van der Waals surface area contributed by atoms with Gasteiger partial charge in [-0.2, -0.15) is 0 Å². The second kappa shape index (κ2) is 5.47. The first-order valence-electron chi connectivity index (χ1n) is 5.23. The van der Waals surface area contributed by atoms with Crippen LogP contribution in [-0.2, 0) is 0 Å². The maximum absolute atomic E-state index is 10.1. The smallest absolute Gasteiger partial charge is 0.187 e. The van der Waals surface area contributed by atoms with Crippen molar-refractivity contribution in [1.82, 2.24) is 9.97 Å². The Kier molecular flexibility index (Phi) is 4.54. The Bertz CT molecular complexity index is 296. The van der Waals surface area contributed by atoms with Crippen molar-refractivity contribution in [3.05, 3.63) is 18.0 Å². The van der Waals surface area contributed by atoms with Crippen LogP contribution < -0.4 is 0 Å². The highest BCUT2D eigenvalue weighted by Gasteiger charge is 2.22. The van der Waals surface area contributed by atoms with E-state index in [2.05, 4.69) is 9.97 Å². The van der Waals surface area contributed by atoms with E-state index in [0.29, 0.717) is 5.75 Å². The molecule has 0 atom stereocenters. The maximum Gasteiger partial charge on any atom is 0.187 e. The molecule has 0 radical (unpaired) electrons. The highest BCUT2D eigenvalue weighted by atomic mass is 32.2. The second-order valence-corrected chi connectivity index (χ2v) is 4.71. The van der Waals surface area contributed by atoms with Crippen molar-refractivity contribution in [2.45, 2.75) is 44.4 Å². The lowest BCUT2D eigenvalue weighted by atomic mass is 10.0. The summed E-state index contributed by atoms with van der Waals surface area (Å²) in [5.41, 5.74) is 0.472. The molecule has 0 unspecified atom stereocenters. The van der Waals surface area contributed by atoms with E-state index < -0.39 is 5.60 Å². The molecule has 4 heteroatoms. The monoisotopic (exact) mass is 226 g/mol. The molecule has 1 rings (SSSR count). The molecule has 0 aromatic carbocycles. The zero-order chi connectivity index (χ0) is 11.3. The summed E-state index contributed by atoms with van der Waals surface area (Å²) in [7, 11) is 0. The van der Waals surface area contributed by atoms with Gasteiger partial charge in [-0.15, -0.1) is 0 Å². The molecule has 0 spiro atoms. The van der Waals surface area contributed by atoms with E-state index in [1.54, 1.807) is 12.4 Å². The largest absolute Gasteiger partial charge is 0.389 e. The van der Waals surface area contributed by atoms with E-state index in [0.717, 1.165) is 23.6 Å². The number of aromatic nitrogens is 2. The maximum atomic E-state index is 10.1. The standard InChI is InChI=1S/C11H18N2OS/c1-4-11(14,5-2)8-15-10-12-6-9(3)7-13-10/h6-7,14H,4-5,8H2,1-3H3. The summed E-state index contributed by atoms with van der Waals surface area (Å²) in [4.78, 5) is 8.38. The van der Waals surface area contributed by atoms with Crippen LogP contribution in [0.4, 0.5) is 0 Å². The summed E-state index contributed by atoms with van der Waals surface area (Å²) < 4.78 is 0. The van der Waals surface area contributed by atoms with Crippen molar-refractivity contribution in [2.24, 2.45) is 0 Å². The van der Waals surface area contributed by atoms with Crippen LogP contribution in [0.15, 0.2) is 17.6 Å². The topological polar surface area (TPSA) is 46.0 Å². The lowest BCUT2D eigenvalue weighted by Gasteiger charge is -2.23. The molecule has 1 N–H and O–H groups in total. The molecule has 0 aliphatic heterocycles. The van der Waals surface area contributed by atoms with Crippen LogP contribution in [0.3, 0.4) is 0 Å². The lowest BCUT2D eigenvalue weighted by molar-refractivity contribution is 0.0571. The predicted octanol–water partition coefficient (Wildman–Crippen LogP) is 2.43. The fraction of sp³-hybridized carbons (Fsp3) is 0.636. The van der Waals surface area contributed by atoms with Crippen LogP contribution in [0.25, 0.3) is 0 Å². The molecule has 15 heavy (non-hydrogen) atoms. The Balaban J connectivity index is 2.53. The van der Waals surface area contributed by atoms with Crippen LogP contribution in [0.1, 0.15) is 32.3 Å². The van der Waals surface area contributed by atoms with Gasteiger partial charge in [-0.05, 0) is 25.3 Å². The van der Waals surface area contributed by atoms with E-state index in [9.17, 15) is 5.11 Å². The molecule has 1 heterocycles. The lowest BCUT2D eigenvalue weighted by Crippen LogP contribution is -2.29. The minimum Gasteiger partial charge on any atom is -0.389 e. The third-order valence-electron chi connectivity index (χ3n) is 2.54. The van der Waals surface area contributed by atoms with Gasteiger partial charge in [0.1, 0.15) is 0 Å². The zero-order valence-corrected chi connectivity index (χ0v) is 10.3. The van der Waals surface area contributed by atoms with E-state index in [1.807, 2.05) is 20.8 Å². The third-order valence-corrected chi connectivity index (χ3v) is 3.69. The fourth-order valence-electron chi connectivity index (χ4n) is 1.11. The first-order chi connectivity index (χ1) is 7.09. The van der Waals surface area contributed by atoms with Gasteiger partial charge >= 0.3 is 0 Å². The molecule has 1 aromatic rings. The molecule has 0 amide bonds. The van der Waals surface area contributed by atoms with Gasteiger partial charge in [-0.25, -0.2) is 9.97 Å². The highest BCUT2D eigenvalue weighted by Crippen LogP contribution is 2.24. The van der Waals surface area contributed by atoms with E-state index in [4.69, 9.17) is 0 Å². The molecular formula is C11H18N2OS. The Hall–Kier alpha value is -0.610. The average Bonchev–Trinajstić information content (AvgIpc) is 2.28. The molecular weight excluding hydrogens is 208 g/mol. The predicted molar refractivity (Wildman–Crippen MR) is 63.0 cm³/mol. The van der Waals surface area contributed by atoms with Crippen LogP contribution in [-0.4, -0.2) is 26.4 Å². The fourth-order valence-corrected chi connectivity index (χ4v) is 2.17. The van der Waals surface area contributed by atoms with Crippen LogP contribution in [0, 0.1) is 6.92 Å². The zero-order valence-electron chi connectivity index (χ0n) is 9.53. The third kappa shape index (κ3) is 3.80. The van der Waals surface area contributed by atoms with Crippen LogP contribution in [0.5, 0.6) is 0 Å². The van der Waals surface area contributed by atoms with Crippen molar-refractivity contribution >= 4 is 11.8 Å². The van der Waals surface area contributed by atoms with Crippen molar-refractivity contribution < 1.29 is 5.11 Å². The van der Waals surface area contributed by atoms with Crippen LogP contribution in [0.2, 0.25) is 0 Å². The van der Waals surface area contributed by atoms with Gasteiger partial charge in [-0.3, -0.25) is 0 Å². The second-order valence-electron chi connectivity index (χ2n) is 3.76. The molecule has 84 valence electrons. The Morgan fingerprint density at radius 2 is 1.80 bits per heavy atom. The Morgan fingerprint density at radius 1 is 1.27 bits per heavy atom. The molecule has 1 aromatic heterocycles. The number of aryl methyl sites for hydroxylation is 1. The highest BCUT2D eigenvalue weighted by molar-refractivity contribution is 7.99. The first-order valence-corrected chi connectivity index (χ1v) is 6.22.